The van der Waals surface area contributed by atoms with Gasteiger partial charge in [0.2, 0.25) is 0 Å². The Bertz CT molecular complexity index is 383. The third-order valence-corrected chi connectivity index (χ3v) is 4.59. The number of halogens is 1. The first-order chi connectivity index (χ1) is 9.05. The summed E-state index contributed by atoms with van der Waals surface area (Å²) >= 11 is 5.90. The Hall–Kier alpha value is -0.530. The highest BCUT2D eigenvalue weighted by atomic mass is 35.5. The minimum absolute atomic E-state index is 0.548. The minimum Gasteiger partial charge on any atom is -0.314 e. The van der Waals surface area contributed by atoms with Crippen LogP contribution < -0.4 is 5.32 Å². The lowest BCUT2D eigenvalue weighted by molar-refractivity contribution is 0.310. The van der Waals surface area contributed by atoms with Crippen LogP contribution >= 0.6 is 11.6 Å². The molecule has 0 aliphatic heterocycles. The van der Waals surface area contributed by atoms with Gasteiger partial charge in [-0.15, -0.1) is 0 Å². The zero-order chi connectivity index (χ0) is 13.7. The monoisotopic (exact) mass is 279 g/mol. The fourth-order valence-electron chi connectivity index (χ4n) is 2.94. The second-order valence-corrected chi connectivity index (χ2v) is 7.06. The zero-order valence-corrected chi connectivity index (χ0v) is 13.0. The third-order valence-electron chi connectivity index (χ3n) is 4.34. The largest absolute Gasteiger partial charge is 0.314 e. The summed E-state index contributed by atoms with van der Waals surface area (Å²) in [6.07, 6.45) is 7.86. The molecule has 1 fully saturated rings. The molecule has 1 aromatic rings. The van der Waals surface area contributed by atoms with Crippen molar-refractivity contribution in [3.05, 3.63) is 34.9 Å². The van der Waals surface area contributed by atoms with Gasteiger partial charge in [0.05, 0.1) is 0 Å². The molecule has 0 heterocycles. The highest BCUT2D eigenvalue weighted by Crippen LogP contribution is 2.33. The van der Waals surface area contributed by atoms with Crippen LogP contribution in [0, 0.1) is 5.41 Å². The molecule has 0 amide bonds. The van der Waals surface area contributed by atoms with Crippen LogP contribution in [0.15, 0.2) is 24.3 Å². The first-order valence-corrected chi connectivity index (χ1v) is 7.91. The van der Waals surface area contributed by atoms with Crippen LogP contribution in [-0.4, -0.2) is 12.6 Å². The van der Waals surface area contributed by atoms with Gasteiger partial charge in [0, 0.05) is 11.1 Å². The molecule has 1 atom stereocenters. The van der Waals surface area contributed by atoms with E-state index in [0.717, 1.165) is 18.0 Å². The lowest BCUT2D eigenvalue weighted by Crippen LogP contribution is -2.30. The predicted octanol–water partition coefficient (Wildman–Crippen LogP) is 4.83. The average Bonchev–Trinajstić information content (AvgIpc) is 2.53. The van der Waals surface area contributed by atoms with Gasteiger partial charge in [-0.3, -0.25) is 0 Å². The third kappa shape index (κ3) is 5.16. The molecule has 1 aromatic carbocycles. The average molecular weight is 280 g/mol. The lowest BCUT2D eigenvalue weighted by atomic mass is 9.85. The van der Waals surface area contributed by atoms with Crippen molar-refractivity contribution >= 4 is 11.6 Å². The summed E-state index contributed by atoms with van der Waals surface area (Å²) in [5.41, 5.74) is 1.91. The van der Waals surface area contributed by atoms with E-state index in [1.165, 1.54) is 37.7 Å². The van der Waals surface area contributed by atoms with Crippen LogP contribution in [0.25, 0.3) is 0 Å². The van der Waals surface area contributed by atoms with Crippen molar-refractivity contribution in [1.82, 2.24) is 5.32 Å². The van der Waals surface area contributed by atoms with Gasteiger partial charge in [0.15, 0.2) is 0 Å². The number of benzene rings is 1. The summed E-state index contributed by atoms with van der Waals surface area (Å²) < 4.78 is 0. The maximum absolute atomic E-state index is 5.90. The Labute approximate surface area is 122 Å². The molecule has 0 saturated heterocycles. The molecule has 0 aromatic heterocycles. The number of rotatable bonds is 4. The second-order valence-electron chi connectivity index (χ2n) is 6.62. The molecule has 2 heteroatoms. The molecule has 1 aliphatic carbocycles. The van der Waals surface area contributed by atoms with E-state index < -0.39 is 0 Å². The Balaban J connectivity index is 1.72. The first kappa shape index (κ1) is 14.9. The summed E-state index contributed by atoms with van der Waals surface area (Å²) in [5, 5.41) is 4.55. The van der Waals surface area contributed by atoms with Crippen molar-refractivity contribution in [2.24, 2.45) is 5.41 Å². The van der Waals surface area contributed by atoms with Crippen LogP contribution in [0.1, 0.15) is 51.5 Å². The summed E-state index contributed by atoms with van der Waals surface area (Å²) in [7, 11) is 0. The Morgan fingerprint density at radius 2 is 1.89 bits per heavy atom. The Kier molecular flexibility index (Phi) is 5.29. The van der Waals surface area contributed by atoms with Crippen LogP contribution in [0.3, 0.4) is 0 Å². The molecule has 1 saturated carbocycles. The van der Waals surface area contributed by atoms with Gasteiger partial charge in [-0.1, -0.05) is 44.0 Å². The molecule has 0 bridgehead atoms. The summed E-state index contributed by atoms with van der Waals surface area (Å²) in [6, 6.07) is 8.92. The SMILES string of the molecule is CC1(C)CCCC(NCCc2ccc(Cl)cc2)CC1. The van der Waals surface area contributed by atoms with E-state index in [0.29, 0.717) is 11.5 Å². The minimum atomic E-state index is 0.548. The molecule has 2 rings (SSSR count). The van der Waals surface area contributed by atoms with Gasteiger partial charge in [-0.25, -0.2) is 0 Å². The molecule has 0 spiro atoms. The molecular weight excluding hydrogens is 254 g/mol. The number of hydrogen-bond donors (Lipinski definition) is 1. The van der Waals surface area contributed by atoms with Crippen LogP contribution in [0.5, 0.6) is 0 Å². The van der Waals surface area contributed by atoms with Crippen molar-refractivity contribution in [2.75, 3.05) is 6.54 Å². The highest BCUT2D eigenvalue weighted by Gasteiger charge is 2.23. The van der Waals surface area contributed by atoms with Crippen LogP contribution in [0.4, 0.5) is 0 Å². The van der Waals surface area contributed by atoms with Gasteiger partial charge in [0.1, 0.15) is 0 Å². The smallest absolute Gasteiger partial charge is 0.0406 e. The summed E-state index contributed by atoms with van der Waals surface area (Å²) in [5.74, 6) is 0. The summed E-state index contributed by atoms with van der Waals surface area (Å²) in [6.45, 7) is 5.89. The van der Waals surface area contributed by atoms with Gasteiger partial charge >= 0.3 is 0 Å². The highest BCUT2D eigenvalue weighted by molar-refractivity contribution is 6.30. The van der Waals surface area contributed by atoms with Gasteiger partial charge in [-0.05, 0) is 61.8 Å². The van der Waals surface area contributed by atoms with Gasteiger partial charge in [0.25, 0.3) is 0 Å². The van der Waals surface area contributed by atoms with Crippen molar-refractivity contribution in [3.63, 3.8) is 0 Å². The number of nitrogens with one attached hydrogen (secondary N) is 1. The predicted molar refractivity (Wildman–Crippen MR) is 83.8 cm³/mol. The molecule has 1 N–H and O–H groups in total. The molecule has 1 unspecified atom stereocenters. The molecular formula is C17H26ClN. The second kappa shape index (κ2) is 6.76. The van der Waals surface area contributed by atoms with Gasteiger partial charge in [-0.2, -0.15) is 0 Å². The number of hydrogen-bond acceptors (Lipinski definition) is 1. The lowest BCUT2D eigenvalue weighted by Gasteiger charge is -2.22. The normalized spacial score (nSPS) is 23.0. The first-order valence-electron chi connectivity index (χ1n) is 7.53. The standard InChI is InChI=1S/C17H26ClN/c1-17(2)11-3-4-16(9-12-17)19-13-10-14-5-7-15(18)8-6-14/h5-8,16,19H,3-4,9-13H2,1-2H3. The van der Waals surface area contributed by atoms with Crippen LogP contribution in [-0.2, 0) is 6.42 Å². The maximum atomic E-state index is 5.90. The van der Waals surface area contributed by atoms with E-state index in [1.54, 1.807) is 0 Å². The molecule has 0 radical (unpaired) electrons. The quantitative estimate of drug-likeness (QED) is 0.779. The van der Waals surface area contributed by atoms with E-state index in [1.807, 2.05) is 12.1 Å². The topological polar surface area (TPSA) is 12.0 Å². The fourth-order valence-corrected chi connectivity index (χ4v) is 3.06. The maximum Gasteiger partial charge on any atom is 0.0406 e. The fraction of sp³-hybridized carbons (Fsp3) is 0.647. The zero-order valence-electron chi connectivity index (χ0n) is 12.2. The van der Waals surface area contributed by atoms with E-state index in [9.17, 15) is 0 Å². The van der Waals surface area contributed by atoms with Gasteiger partial charge < -0.3 is 5.32 Å². The van der Waals surface area contributed by atoms with Crippen molar-refractivity contribution in [2.45, 2.75) is 58.4 Å². The van der Waals surface area contributed by atoms with E-state index in [4.69, 9.17) is 11.6 Å². The van der Waals surface area contributed by atoms with E-state index in [-0.39, 0.29) is 0 Å². The van der Waals surface area contributed by atoms with Crippen molar-refractivity contribution in [1.29, 1.82) is 0 Å². The summed E-state index contributed by atoms with van der Waals surface area (Å²) in [4.78, 5) is 0. The molecule has 1 aliphatic rings. The van der Waals surface area contributed by atoms with Crippen molar-refractivity contribution < 1.29 is 0 Å². The van der Waals surface area contributed by atoms with Crippen LogP contribution in [0.2, 0.25) is 5.02 Å². The molecule has 1 nitrogen and oxygen atoms in total. The molecule has 19 heavy (non-hydrogen) atoms. The molecule has 106 valence electrons. The Morgan fingerprint density at radius 1 is 1.16 bits per heavy atom. The van der Waals surface area contributed by atoms with E-state index >= 15 is 0 Å². The van der Waals surface area contributed by atoms with Crippen molar-refractivity contribution in [3.8, 4) is 0 Å². The van der Waals surface area contributed by atoms with E-state index in [2.05, 4.69) is 31.3 Å². The Morgan fingerprint density at radius 3 is 2.63 bits per heavy atom.